The lowest BCUT2D eigenvalue weighted by molar-refractivity contribution is -0.385. The average Bonchev–Trinajstić information content (AvgIpc) is 2.92. The van der Waals surface area contributed by atoms with Gasteiger partial charge in [0.25, 0.3) is 11.6 Å². The van der Waals surface area contributed by atoms with Crippen LogP contribution in [-0.4, -0.2) is 20.6 Å². The van der Waals surface area contributed by atoms with E-state index >= 15 is 0 Å². The Kier molecular flexibility index (Phi) is 4.54. The summed E-state index contributed by atoms with van der Waals surface area (Å²) < 4.78 is 1.73. The van der Waals surface area contributed by atoms with Crippen molar-refractivity contribution < 1.29 is 9.72 Å². The van der Waals surface area contributed by atoms with Gasteiger partial charge in [-0.3, -0.25) is 19.6 Å². The third-order valence-electron chi connectivity index (χ3n) is 2.86. The Morgan fingerprint density at radius 2 is 2.29 bits per heavy atom. The molecule has 0 aliphatic rings. The fourth-order valence-electron chi connectivity index (χ4n) is 1.80. The maximum atomic E-state index is 12.1. The van der Waals surface area contributed by atoms with Gasteiger partial charge in [-0.1, -0.05) is 11.6 Å². The average molecular weight is 309 g/mol. The molecule has 0 spiro atoms. The van der Waals surface area contributed by atoms with Crippen molar-refractivity contribution in [3.05, 3.63) is 56.9 Å². The van der Waals surface area contributed by atoms with Crippen LogP contribution in [0.1, 0.15) is 22.8 Å². The van der Waals surface area contributed by atoms with Crippen molar-refractivity contribution in [2.45, 2.75) is 20.0 Å². The first kappa shape index (κ1) is 15.0. The number of rotatable bonds is 5. The molecule has 1 amide bonds. The van der Waals surface area contributed by atoms with Crippen LogP contribution in [0.3, 0.4) is 0 Å². The van der Waals surface area contributed by atoms with Crippen LogP contribution in [-0.2, 0) is 13.1 Å². The molecule has 21 heavy (non-hydrogen) atoms. The van der Waals surface area contributed by atoms with Gasteiger partial charge in [0.2, 0.25) is 0 Å². The zero-order valence-electron chi connectivity index (χ0n) is 11.2. The van der Waals surface area contributed by atoms with Crippen molar-refractivity contribution in [1.29, 1.82) is 0 Å². The number of carbonyl (C=O) groups is 1. The van der Waals surface area contributed by atoms with E-state index in [0.29, 0.717) is 0 Å². The predicted molar refractivity (Wildman–Crippen MR) is 77.2 cm³/mol. The molecule has 1 N–H and O–H groups in total. The summed E-state index contributed by atoms with van der Waals surface area (Å²) in [5.74, 6) is -0.548. The maximum Gasteiger partial charge on any atom is 0.282 e. The molecule has 0 atom stereocenters. The number of nitro benzene ring substituents is 1. The minimum atomic E-state index is -0.611. The van der Waals surface area contributed by atoms with Crippen LogP contribution in [0.5, 0.6) is 0 Å². The molecule has 1 aromatic carbocycles. The number of carbonyl (C=O) groups excluding carboxylic acids is 1. The zero-order chi connectivity index (χ0) is 15.4. The Balaban J connectivity index is 2.13. The van der Waals surface area contributed by atoms with Gasteiger partial charge in [0.05, 0.1) is 11.1 Å². The van der Waals surface area contributed by atoms with E-state index in [9.17, 15) is 14.9 Å². The molecule has 0 bridgehead atoms. The number of aromatic nitrogens is 2. The van der Waals surface area contributed by atoms with Crippen LogP contribution in [0.2, 0.25) is 5.02 Å². The van der Waals surface area contributed by atoms with Crippen molar-refractivity contribution in [3.63, 3.8) is 0 Å². The lowest BCUT2D eigenvalue weighted by Gasteiger charge is -2.05. The summed E-state index contributed by atoms with van der Waals surface area (Å²) in [5.41, 5.74) is 0.478. The maximum absolute atomic E-state index is 12.1. The topological polar surface area (TPSA) is 90.1 Å². The van der Waals surface area contributed by atoms with Crippen LogP contribution in [0.15, 0.2) is 30.6 Å². The zero-order valence-corrected chi connectivity index (χ0v) is 12.0. The number of amides is 1. The highest BCUT2D eigenvalue weighted by atomic mass is 35.5. The first-order valence-corrected chi connectivity index (χ1v) is 6.62. The Morgan fingerprint density at radius 1 is 1.52 bits per heavy atom. The third kappa shape index (κ3) is 3.57. The number of nitrogens with zero attached hydrogens (tertiary/aromatic N) is 3. The Morgan fingerprint density at radius 3 is 2.90 bits per heavy atom. The quantitative estimate of drug-likeness (QED) is 0.678. The number of benzene rings is 1. The Labute approximate surface area is 125 Å². The van der Waals surface area contributed by atoms with Gasteiger partial charge >= 0.3 is 0 Å². The van der Waals surface area contributed by atoms with Crippen molar-refractivity contribution >= 4 is 23.2 Å². The molecule has 0 saturated heterocycles. The molecule has 110 valence electrons. The molecule has 0 aliphatic carbocycles. The molecule has 8 heteroatoms. The van der Waals surface area contributed by atoms with Crippen LogP contribution < -0.4 is 5.32 Å². The summed E-state index contributed by atoms with van der Waals surface area (Å²) >= 11 is 5.79. The lowest BCUT2D eigenvalue weighted by atomic mass is 10.1. The first-order chi connectivity index (χ1) is 10.0. The molecule has 0 aliphatic heterocycles. The molecular formula is C13H13ClN4O3. The summed E-state index contributed by atoms with van der Waals surface area (Å²) in [5, 5.41) is 17.9. The Hall–Kier alpha value is -2.41. The number of hydrogen-bond donors (Lipinski definition) is 1. The second-order valence-corrected chi connectivity index (χ2v) is 4.74. The summed E-state index contributed by atoms with van der Waals surface area (Å²) in [4.78, 5) is 22.4. The van der Waals surface area contributed by atoms with Gasteiger partial charge in [0.1, 0.15) is 5.56 Å². The monoisotopic (exact) mass is 308 g/mol. The second kappa shape index (κ2) is 6.36. The molecule has 0 saturated carbocycles. The molecular weight excluding hydrogens is 296 g/mol. The normalized spacial score (nSPS) is 10.4. The minimum Gasteiger partial charge on any atom is -0.348 e. The van der Waals surface area contributed by atoms with Gasteiger partial charge in [-0.05, 0) is 19.1 Å². The Bertz CT molecular complexity index is 684. The van der Waals surface area contributed by atoms with E-state index < -0.39 is 10.8 Å². The molecule has 2 rings (SSSR count). The van der Waals surface area contributed by atoms with Gasteiger partial charge < -0.3 is 5.32 Å². The summed E-state index contributed by atoms with van der Waals surface area (Å²) in [6, 6.07) is 3.87. The first-order valence-electron chi connectivity index (χ1n) is 6.24. The minimum absolute atomic E-state index is 0.0598. The lowest BCUT2D eigenvalue weighted by Crippen LogP contribution is -2.23. The molecule has 0 radical (unpaired) electrons. The fraction of sp³-hybridized carbons (Fsp3) is 0.231. The largest absolute Gasteiger partial charge is 0.348 e. The van der Waals surface area contributed by atoms with Crippen LogP contribution in [0.4, 0.5) is 5.69 Å². The fourth-order valence-corrected chi connectivity index (χ4v) is 1.97. The molecule has 2 aromatic rings. The third-order valence-corrected chi connectivity index (χ3v) is 3.10. The van der Waals surface area contributed by atoms with E-state index in [1.54, 1.807) is 17.1 Å². The van der Waals surface area contributed by atoms with Gasteiger partial charge in [-0.25, -0.2) is 0 Å². The van der Waals surface area contributed by atoms with Gasteiger partial charge in [-0.15, -0.1) is 0 Å². The molecule has 7 nitrogen and oxygen atoms in total. The standard InChI is InChI=1S/C13H13ClN4O3/c1-2-17-8-9(7-16-17)6-15-13(19)11-5-10(14)3-4-12(11)18(20)21/h3-5,7-8H,2,6H2,1H3,(H,15,19). The highest BCUT2D eigenvalue weighted by molar-refractivity contribution is 6.31. The van der Waals surface area contributed by atoms with Crippen LogP contribution in [0, 0.1) is 10.1 Å². The van der Waals surface area contributed by atoms with Gasteiger partial charge in [-0.2, -0.15) is 5.10 Å². The molecule has 0 fully saturated rings. The van der Waals surface area contributed by atoms with Crippen molar-refractivity contribution in [2.24, 2.45) is 0 Å². The van der Waals surface area contributed by atoms with Crippen molar-refractivity contribution in [1.82, 2.24) is 15.1 Å². The van der Waals surface area contributed by atoms with E-state index in [0.717, 1.165) is 12.1 Å². The van der Waals surface area contributed by atoms with E-state index in [-0.39, 0.29) is 22.8 Å². The number of aryl methyl sites for hydroxylation is 1. The molecule has 1 aromatic heterocycles. The number of nitrogens with one attached hydrogen (secondary N) is 1. The second-order valence-electron chi connectivity index (χ2n) is 4.31. The highest BCUT2D eigenvalue weighted by Gasteiger charge is 2.20. The van der Waals surface area contributed by atoms with E-state index in [1.165, 1.54) is 18.2 Å². The van der Waals surface area contributed by atoms with Crippen molar-refractivity contribution in [3.8, 4) is 0 Å². The van der Waals surface area contributed by atoms with Crippen LogP contribution >= 0.6 is 11.6 Å². The van der Waals surface area contributed by atoms with E-state index in [4.69, 9.17) is 11.6 Å². The summed E-state index contributed by atoms with van der Waals surface area (Å²) in [6.07, 6.45) is 3.43. The van der Waals surface area contributed by atoms with E-state index in [2.05, 4.69) is 10.4 Å². The van der Waals surface area contributed by atoms with Gasteiger partial charge in [0.15, 0.2) is 0 Å². The highest BCUT2D eigenvalue weighted by Crippen LogP contribution is 2.22. The summed E-state index contributed by atoms with van der Waals surface area (Å²) in [7, 11) is 0. The van der Waals surface area contributed by atoms with Gasteiger partial charge in [0, 0.05) is 35.9 Å². The predicted octanol–water partition coefficient (Wildman–Crippen LogP) is 2.39. The molecule has 1 heterocycles. The molecule has 0 unspecified atom stereocenters. The van der Waals surface area contributed by atoms with Crippen molar-refractivity contribution in [2.75, 3.05) is 0 Å². The SMILES string of the molecule is CCn1cc(CNC(=O)c2cc(Cl)ccc2[N+](=O)[O-])cn1. The van der Waals surface area contributed by atoms with Crippen LogP contribution in [0.25, 0.3) is 0 Å². The number of hydrogen-bond acceptors (Lipinski definition) is 4. The smallest absolute Gasteiger partial charge is 0.282 e. The number of nitro groups is 1. The number of halogens is 1. The summed E-state index contributed by atoms with van der Waals surface area (Å²) in [6.45, 7) is 2.92. The van der Waals surface area contributed by atoms with E-state index in [1.807, 2.05) is 6.92 Å².